The van der Waals surface area contributed by atoms with Crippen molar-refractivity contribution in [2.24, 2.45) is 11.8 Å². The van der Waals surface area contributed by atoms with Gasteiger partial charge in [-0.15, -0.1) is 0 Å². The smallest absolute Gasteiger partial charge is 0.308 e. The average Bonchev–Trinajstić information content (AvgIpc) is 2.93. The van der Waals surface area contributed by atoms with Gasteiger partial charge in [0.05, 0.1) is 18.1 Å². The van der Waals surface area contributed by atoms with E-state index in [1.54, 1.807) is 0 Å². The summed E-state index contributed by atoms with van der Waals surface area (Å²) in [5.41, 5.74) is -0.630. The van der Waals surface area contributed by atoms with Crippen LogP contribution in [0.2, 0.25) is 0 Å². The summed E-state index contributed by atoms with van der Waals surface area (Å²) in [5.74, 6) is 3.18. The maximum Gasteiger partial charge on any atom is 0.308 e. The van der Waals surface area contributed by atoms with Crippen LogP contribution in [0.25, 0.3) is 0 Å². The lowest BCUT2D eigenvalue weighted by atomic mass is 9.78. The molecule has 4 nitrogen and oxygen atoms in total. The summed E-state index contributed by atoms with van der Waals surface area (Å²) in [4.78, 5) is 11.7. The van der Waals surface area contributed by atoms with Crippen LogP contribution in [0.15, 0.2) is 0 Å². The second-order valence-electron chi connectivity index (χ2n) is 6.11. The largest absolute Gasteiger partial charge is 0.466 e. The van der Waals surface area contributed by atoms with Crippen LogP contribution >= 0.6 is 11.8 Å². The summed E-state index contributed by atoms with van der Waals surface area (Å²) < 4.78 is 5.06. The van der Waals surface area contributed by atoms with Crippen LogP contribution in [-0.4, -0.2) is 47.9 Å². The van der Waals surface area contributed by atoms with Gasteiger partial charge in [-0.1, -0.05) is 0 Å². The van der Waals surface area contributed by atoms with E-state index in [1.165, 1.54) is 17.9 Å². The molecule has 1 atom stereocenters. The first-order valence-corrected chi connectivity index (χ1v) is 8.96. The number of rotatable bonds is 6. The minimum Gasteiger partial charge on any atom is -0.466 e. The number of aliphatic hydroxyl groups is 1. The van der Waals surface area contributed by atoms with Gasteiger partial charge >= 0.3 is 5.97 Å². The van der Waals surface area contributed by atoms with Gasteiger partial charge in [0.25, 0.3) is 0 Å². The van der Waals surface area contributed by atoms with Crippen LogP contribution in [0.4, 0.5) is 0 Å². The van der Waals surface area contributed by atoms with Crippen molar-refractivity contribution >= 4 is 17.7 Å². The van der Waals surface area contributed by atoms with E-state index < -0.39 is 5.60 Å². The Kier molecular flexibility index (Phi) is 6.18. The van der Waals surface area contributed by atoms with E-state index in [-0.39, 0.29) is 11.9 Å². The highest BCUT2D eigenvalue weighted by molar-refractivity contribution is 7.99. The highest BCUT2D eigenvalue weighted by Gasteiger charge is 2.36. The SMILES string of the molecule is CCOC(=O)C1CCC(O)(CNCC2CCSC2)CC1. The molecule has 5 heteroatoms. The monoisotopic (exact) mass is 301 g/mol. The first kappa shape index (κ1) is 16.1. The van der Waals surface area contributed by atoms with Crippen LogP contribution in [0.1, 0.15) is 39.0 Å². The lowest BCUT2D eigenvalue weighted by Crippen LogP contribution is -2.45. The second kappa shape index (κ2) is 7.66. The zero-order valence-electron chi connectivity index (χ0n) is 12.4. The number of ether oxygens (including phenoxy) is 1. The van der Waals surface area contributed by atoms with Gasteiger partial charge in [0.15, 0.2) is 0 Å². The van der Waals surface area contributed by atoms with Gasteiger partial charge in [-0.2, -0.15) is 11.8 Å². The summed E-state index contributed by atoms with van der Waals surface area (Å²) in [6.45, 7) is 3.95. The van der Waals surface area contributed by atoms with Crippen molar-refractivity contribution in [1.82, 2.24) is 5.32 Å². The normalized spacial score (nSPS) is 34.1. The zero-order valence-corrected chi connectivity index (χ0v) is 13.2. The van der Waals surface area contributed by atoms with E-state index in [4.69, 9.17) is 4.74 Å². The molecule has 1 unspecified atom stereocenters. The molecule has 1 saturated heterocycles. The molecule has 1 aliphatic carbocycles. The maximum atomic E-state index is 11.7. The van der Waals surface area contributed by atoms with Gasteiger partial charge < -0.3 is 15.2 Å². The molecule has 0 aromatic carbocycles. The molecule has 2 N–H and O–H groups in total. The third-order valence-electron chi connectivity index (χ3n) is 4.45. The van der Waals surface area contributed by atoms with Gasteiger partial charge in [-0.25, -0.2) is 0 Å². The minimum atomic E-state index is -0.630. The summed E-state index contributed by atoms with van der Waals surface area (Å²) >= 11 is 2.02. The molecular formula is C15H27NO3S. The molecular weight excluding hydrogens is 274 g/mol. The Labute approximate surface area is 126 Å². The highest BCUT2D eigenvalue weighted by Crippen LogP contribution is 2.32. The number of esters is 1. The zero-order chi connectivity index (χ0) is 14.4. The van der Waals surface area contributed by atoms with Crippen LogP contribution in [0, 0.1) is 11.8 Å². The van der Waals surface area contributed by atoms with E-state index >= 15 is 0 Å². The van der Waals surface area contributed by atoms with Crippen molar-refractivity contribution in [3.05, 3.63) is 0 Å². The lowest BCUT2D eigenvalue weighted by molar-refractivity contribution is -0.151. The van der Waals surface area contributed by atoms with Crippen molar-refractivity contribution in [3.8, 4) is 0 Å². The summed E-state index contributed by atoms with van der Waals surface area (Å²) in [5, 5.41) is 14.0. The molecule has 2 rings (SSSR count). The van der Waals surface area contributed by atoms with Crippen LogP contribution in [-0.2, 0) is 9.53 Å². The standard InChI is InChI=1S/C15H27NO3S/c1-2-19-14(17)13-3-6-15(18,7-4-13)11-16-9-12-5-8-20-10-12/h12-13,16,18H,2-11H2,1H3. The third kappa shape index (κ3) is 4.64. The Hall–Kier alpha value is -0.260. The van der Waals surface area contributed by atoms with Crippen LogP contribution in [0.5, 0.6) is 0 Å². The Bertz CT molecular complexity index is 310. The van der Waals surface area contributed by atoms with Gasteiger partial charge in [-0.3, -0.25) is 4.79 Å². The molecule has 1 saturated carbocycles. The van der Waals surface area contributed by atoms with E-state index in [1.807, 2.05) is 18.7 Å². The molecule has 1 aliphatic heterocycles. The van der Waals surface area contributed by atoms with Gasteiger partial charge in [0.1, 0.15) is 0 Å². The van der Waals surface area contributed by atoms with Crippen molar-refractivity contribution in [3.63, 3.8) is 0 Å². The molecule has 2 aliphatic rings. The van der Waals surface area contributed by atoms with Crippen LogP contribution in [0.3, 0.4) is 0 Å². The number of hydrogen-bond donors (Lipinski definition) is 2. The van der Waals surface area contributed by atoms with Crippen molar-refractivity contribution in [1.29, 1.82) is 0 Å². The number of carbonyl (C=O) groups is 1. The predicted molar refractivity (Wildman–Crippen MR) is 81.8 cm³/mol. The number of carbonyl (C=O) groups excluding carboxylic acids is 1. The molecule has 0 aromatic heterocycles. The lowest BCUT2D eigenvalue weighted by Gasteiger charge is -2.35. The van der Waals surface area contributed by atoms with Gasteiger partial charge in [0.2, 0.25) is 0 Å². The second-order valence-corrected chi connectivity index (χ2v) is 7.26. The molecule has 0 bridgehead atoms. The average molecular weight is 301 g/mol. The van der Waals surface area contributed by atoms with E-state index in [0.29, 0.717) is 26.0 Å². The third-order valence-corrected chi connectivity index (χ3v) is 5.68. The molecule has 116 valence electrons. The summed E-state index contributed by atoms with van der Waals surface area (Å²) in [6, 6.07) is 0. The highest BCUT2D eigenvalue weighted by atomic mass is 32.2. The van der Waals surface area contributed by atoms with Crippen molar-refractivity contribution < 1.29 is 14.6 Å². The number of thioether (sulfide) groups is 1. The van der Waals surface area contributed by atoms with E-state index in [0.717, 1.165) is 25.3 Å². The topological polar surface area (TPSA) is 58.6 Å². The molecule has 2 fully saturated rings. The molecule has 1 heterocycles. The Morgan fingerprint density at radius 3 is 2.75 bits per heavy atom. The molecule has 0 radical (unpaired) electrons. The van der Waals surface area contributed by atoms with E-state index in [2.05, 4.69) is 5.32 Å². The maximum absolute atomic E-state index is 11.7. The fourth-order valence-corrected chi connectivity index (χ4v) is 4.37. The first-order valence-electron chi connectivity index (χ1n) is 7.80. The first-order chi connectivity index (χ1) is 9.63. The fraction of sp³-hybridized carbons (Fsp3) is 0.933. The Balaban J connectivity index is 1.66. The molecule has 0 amide bonds. The fourth-order valence-electron chi connectivity index (χ4n) is 3.08. The quantitative estimate of drug-likeness (QED) is 0.733. The summed E-state index contributed by atoms with van der Waals surface area (Å²) in [6.07, 6.45) is 4.18. The van der Waals surface area contributed by atoms with Crippen molar-refractivity contribution in [2.45, 2.75) is 44.6 Å². The summed E-state index contributed by atoms with van der Waals surface area (Å²) in [7, 11) is 0. The van der Waals surface area contributed by atoms with Gasteiger partial charge in [-0.05, 0) is 63.0 Å². The Morgan fingerprint density at radius 2 is 2.15 bits per heavy atom. The molecule has 0 spiro atoms. The Morgan fingerprint density at radius 1 is 1.40 bits per heavy atom. The van der Waals surface area contributed by atoms with Crippen LogP contribution < -0.4 is 5.32 Å². The predicted octanol–water partition coefficient (Wildman–Crippen LogP) is 1.81. The molecule has 0 aromatic rings. The molecule has 20 heavy (non-hydrogen) atoms. The van der Waals surface area contributed by atoms with E-state index in [9.17, 15) is 9.90 Å². The number of hydrogen-bond acceptors (Lipinski definition) is 5. The van der Waals surface area contributed by atoms with Crippen molar-refractivity contribution in [2.75, 3.05) is 31.2 Å². The minimum absolute atomic E-state index is 0.0125. The number of nitrogens with one attached hydrogen (secondary N) is 1. The van der Waals surface area contributed by atoms with Gasteiger partial charge in [0, 0.05) is 6.54 Å².